The largest absolute Gasteiger partial charge is 0.353 e. The van der Waals surface area contributed by atoms with Gasteiger partial charge >= 0.3 is 0 Å². The molecule has 0 saturated carbocycles. The van der Waals surface area contributed by atoms with Crippen LogP contribution in [0.4, 0.5) is 0 Å². The fourth-order valence-electron chi connectivity index (χ4n) is 2.39. The van der Waals surface area contributed by atoms with Crippen LogP contribution in [0, 0.1) is 5.92 Å². The third kappa shape index (κ3) is 5.04. The molecule has 100 valence electrons. The highest BCUT2D eigenvalue weighted by atomic mass is 16.1. The summed E-state index contributed by atoms with van der Waals surface area (Å²) in [5.74, 6) is 0.381. The van der Waals surface area contributed by atoms with Crippen molar-refractivity contribution in [2.24, 2.45) is 11.7 Å². The first-order valence-electron chi connectivity index (χ1n) is 6.90. The van der Waals surface area contributed by atoms with Crippen molar-refractivity contribution >= 4 is 5.91 Å². The molecule has 1 aliphatic rings. The molecule has 0 aromatic heterocycles. The molecule has 0 bridgehead atoms. The number of nitrogens with zero attached hydrogens (tertiary/aromatic N) is 1. The molecule has 17 heavy (non-hydrogen) atoms. The van der Waals surface area contributed by atoms with E-state index >= 15 is 0 Å². The Morgan fingerprint density at radius 3 is 2.65 bits per heavy atom. The molecule has 1 aliphatic heterocycles. The zero-order valence-corrected chi connectivity index (χ0v) is 11.2. The van der Waals surface area contributed by atoms with E-state index in [-0.39, 0.29) is 11.8 Å². The van der Waals surface area contributed by atoms with Crippen LogP contribution in [-0.2, 0) is 4.79 Å². The lowest BCUT2D eigenvalue weighted by atomic mass is 10.0. The van der Waals surface area contributed by atoms with E-state index in [4.69, 9.17) is 5.73 Å². The summed E-state index contributed by atoms with van der Waals surface area (Å²) in [6, 6.07) is 0.371. The Hall–Kier alpha value is -0.610. The molecular formula is C13H27N3O. The van der Waals surface area contributed by atoms with E-state index in [2.05, 4.69) is 17.1 Å². The van der Waals surface area contributed by atoms with Crippen molar-refractivity contribution in [3.05, 3.63) is 0 Å². The fourth-order valence-corrected chi connectivity index (χ4v) is 2.39. The summed E-state index contributed by atoms with van der Waals surface area (Å²) in [6.07, 6.45) is 4.18. The number of piperidine rings is 1. The average Bonchev–Trinajstić information content (AvgIpc) is 2.32. The van der Waals surface area contributed by atoms with Gasteiger partial charge in [0.05, 0.1) is 0 Å². The lowest BCUT2D eigenvalue weighted by Gasteiger charge is -2.32. The smallest absolute Gasteiger partial charge is 0.223 e. The Bertz CT molecular complexity index is 225. The van der Waals surface area contributed by atoms with Crippen LogP contribution >= 0.6 is 0 Å². The molecule has 0 radical (unpaired) electrons. The van der Waals surface area contributed by atoms with Gasteiger partial charge < -0.3 is 16.0 Å². The second kappa shape index (κ2) is 7.67. The van der Waals surface area contributed by atoms with Gasteiger partial charge in [-0.3, -0.25) is 4.79 Å². The van der Waals surface area contributed by atoms with E-state index in [0.717, 1.165) is 51.9 Å². The quantitative estimate of drug-likeness (QED) is 0.728. The van der Waals surface area contributed by atoms with Crippen molar-refractivity contribution in [3.8, 4) is 0 Å². The van der Waals surface area contributed by atoms with Crippen molar-refractivity contribution < 1.29 is 4.79 Å². The average molecular weight is 241 g/mol. The zero-order chi connectivity index (χ0) is 12.7. The van der Waals surface area contributed by atoms with E-state index in [1.807, 2.05) is 6.92 Å². The molecule has 1 rings (SSSR count). The molecule has 1 heterocycles. The Labute approximate surface area is 105 Å². The number of carbonyl (C=O) groups excluding carboxylic acids is 1. The van der Waals surface area contributed by atoms with Crippen LogP contribution in [0.5, 0.6) is 0 Å². The fraction of sp³-hybridized carbons (Fsp3) is 0.923. The Morgan fingerprint density at radius 2 is 2.12 bits per heavy atom. The van der Waals surface area contributed by atoms with Crippen molar-refractivity contribution in [2.75, 3.05) is 26.2 Å². The summed E-state index contributed by atoms with van der Waals surface area (Å²) in [6.45, 7) is 7.96. The minimum atomic E-state index is 0.155. The number of nitrogens with two attached hydrogens (primary N) is 1. The summed E-state index contributed by atoms with van der Waals surface area (Å²) in [4.78, 5) is 14.2. The van der Waals surface area contributed by atoms with Gasteiger partial charge in [0, 0.05) is 38.1 Å². The van der Waals surface area contributed by atoms with E-state index < -0.39 is 0 Å². The van der Waals surface area contributed by atoms with E-state index in [1.54, 1.807) is 0 Å². The Morgan fingerprint density at radius 1 is 1.47 bits per heavy atom. The van der Waals surface area contributed by atoms with Gasteiger partial charge in [-0.05, 0) is 19.3 Å². The molecule has 1 unspecified atom stereocenters. The maximum atomic E-state index is 11.9. The molecular weight excluding hydrogens is 214 g/mol. The van der Waals surface area contributed by atoms with E-state index in [0.29, 0.717) is 6.04 Å². The second-order valence-corrected chi connectivity index (χ2v) is 5.10. The minimum absolute atomic E-state index is 0.155. The van der Waals surface area contributed by atoms with Gasteiger partial charge in [-0.2, -0.15) is 0 Å². The number of hydrogen-bond acceptors (Lipinski definition) is 3. The lowest BCUT2D eigenvalue weighted by molar-refractivity contribution is -0.125. The molecule has 4 heteroatoms. The van der Waals surface area contributed by atoms with Crippen molar-refractivity contribution in [2.45, 2.75) is 45.6 Å². The summed E-state index contributed by atoms with van der Waals surface area (Å²) < 4.78 is 0. The van der Waals surface area contributed by atoms with Gasteiger partial charge in [0.2, 0.25) is 5.91 Å². The summed E-state index contributed by atoms with van der Waals surface area (Å²) >= 11 is 0. The topological polar surface area (TPSA) is 58.4 Å². The van der Waals surface area contributed by atoms with Crippen molar-refractivity contribution in [1.29, 1.82) is 0 Å². The van der Waals surface area contributed by atoms with Gasteiger partial charge in [0.1, 0.15) is 0 Å². The first-order chi connectivity index (χ1) is 8.17. The maximum Gasteiger partial charge on any atom is 0.223 e. The molecule has 1 saturated heterocycles. The predicted octanol–water partition coefficient (Wildman–Crippen LogP) is 0.962. The Balaban J connectivity index is 2.23. The van der Waals surface area contributed by atoms with Crippen LogP contribution in [0.3, 0.4) is 0 Å². The van der Waals surface area contributed by atoms with Crippen LogP contribution in [-0.4, -0.2) is 43.0 Å². The van der Waals surface area contributed by atoms with E-state index in [1.165, 1.54) is 0 Å². The number of rotatable bonds is 6. The number of carbonyl (C=O) groups is 1. The normalized spacial score (nSPS) is 20.2. The van der Waals surface area contributed by atoms with Crippen molar-refractivity contribution in [1.82, 2.24) is 10.2 Å². The van der Waals surface area contributed by atoms with Crippen LogP contribution in [0.2, 0.25) is 0 Å². The molecule has 0 aliphatic carbocycles. The first kappa shape index (κ1) is 14.5. The third-order valence-electron chi connectivity index (χ3n) is 3.55. The standard InChI is InChI=1S/C13H27N3O/c1-3-4-11(2)13(17)15-12-5-8-16(9-6-12)10-7-14/h11-12H,3-10,14H2,1-2H3,(H,15,17). The summed E-state index contributed by atoms with van der Waals surface area (Å²) in [7, 11) is 0. The zero-order valence-electron chi connectivity index (χ0n) is 11.2. The van der Waals surface area contributed by atoms with Gasteiger partial charge in [-0.15, -0.1) is 0 Å². The molecule has 1 fully saturated rings. The highest BCUT2D eigenvalue weighted by Crippen LogP contribution is 2.12. The predicted molar refractivity (Wildman–Crippen MR) is 70.7 cm³/mol. The van der Waals surface area contributed by atoms with Gasteiger partial charge in [0.15, 0.2) is 0 Å². The molecule has 1 atom stereocenters. The lowest BCUT2D eigenvalue weighted by Crippen LogP contribution is -2.46. The van der Waals surface area contributed by atoms with Gasteiger partial charge in [0.25, 0.3) is 0 Å². The molecule has 0 spiro atoms. The summed E-state index contributed by atoms with van der Waals surface area (Å²) in [5, 5.41) is 3.17. The molecule has 1 amide bonds. The molecule has 0 aromatic carbocycles. The number of likely N-dealkylation sites (tertiary alicyclic amines) is 1. The van der Waals surface area contributed by atoms with Crippen LogP contribution in [0.15, 0.2) is 0 Å². The van der Waals surface area contributed by atoms with Crippen LogP contribution < -0.4 is 11.1 Å². The minimum Gasteiger partial charge on any atom is -0.353 e. The van der Waals surface area contributed by atoms with Crippen LogP contribution in [0.1, 0.15) is 39.5 Å². The maximum absolute atomic E-state index is 11.9. The molecule has 4 nitrogen and oxygen atoms in total. The van der Waals surface area contributed by atoms with Gasteiger partial charge in [-0.1, -0.05) is 20.3 Å². The number of nitrogens with one attached hydrogen (secondary N) is 1. The van der Waals surface area contributed by atoms with Crippen molar-refractivity contribution in [3.63, 3.8) is 0 Å². The highest BCUT2D eigenvalue weighted by molar-refractivity contribution is 5.78. The molecule has 3 N–H and O–H groups in total. The monoisotopic (exact) mass is 241 g/mol. The van der Waals surface area contributed by atoms with Gasteiger partial charge in [-0.25, -0.2) is 0 Å². The first-order valence-corrected chi connectivity index (χ1v) is 6.90. The van der Waals surface area contributed by atoms with Crippen LogP contribution in [0.25, 0.3) is 0 Å². The highest BCUT2D eigenvalue weighted by Gasteiger charge is 2.21. The Kier molecular flexibility index (Phi) is 6.52. The number of amides is 1. The second-order valence-electron chi connectivity index (χ2n) is 5.10. The van der Waals surface area contributed by atoms with E-state index in [9.17, 15) is 4.79 Å². The number of hydrogen-bond donors (Lipinski definition) is 2. The summed E-state index contributed by atoms with van der Waals surface area (Å²) in [5.41, 5.74) is 5.54. The SMILES string of the molecule is CCCC(C)C(=O)NC1CCN(CCN)CC1. The third-order valence-corrected chi connectivity index (χ3v) is 3.55. The molecule has 0 aromatic rings.